The third kappa shape index (κ3) is 6.57. The summed E-state index contributed by atoms with van der Waals surface area (Å²) in [7, 11) is 0. The van der Waals surface area contributed by atoms with Gasteiger partial charge in [0.2, 0.25) is 0 Å². The Morgan fingerprint density at radius 1 is 1.20 bits per heavy atom. The highest BCUT2D eigenvalue weighted by molar-refractivity contribution is 9.11. The van der Waals surface area contributed by atoms with Crippen LogP contribution < -0.4 is 10.1 Å². The van der Waals surface area contributed by atoms with Crippen molar-refractivity contribution in [2.24, 2.45) is 0 Å². The van der Waals surface area contributed by atoms with Gasteiger partial charge in [0.1, 0.15) is 5.75 Å². The van der Waals surface area contributed by atoms with Crippen molar-refractivity contribution >= 4 is 31.9 Å². The van der Waals surface area contributed by atoms with E-state index < -0.39 is 0 Å². The van der Waals surface area contributed by atoms with Gasteiger partial charge in [0.25, 0.3) is 0 Å². The van der Waals surface area contributed by atoms with Crippen molar-refractivity contribution < 1.29 is 9.84 Å². The molecule has 0 unspecified atom stereocenters. The lowest BCUT2D eigenvalue weighted by atomic mass is 10.2. The summed E-state index contributed by atoms with van der Waals surface area (Å²) in [5, 5.41) is 12.2. The average molecular weight is 409 g/mol. The SMILES string of the molecule is CCCOc1c(Br)cc(Br)cc1CNCCCCCO. The topological polar surface area (TPSA) is 41.5 Å². The van der Waals surface area contributed by atoms with E-state index in [4.69, 9.17) is 9.84 Å². The first-order valence-electron chi connectivity index (χ1n) is 7.11. The van der Waals surface area contributed by atoms with E-state index in [1.807, 2.05) is 6.07 Å². The summed E-state index contributed by atoms with van der Waals surface area (Å²) in [5.74, 6) is 0.929. The van der Waals surface area contributed by atoms with Crippen LogP contribution >= 0.6 is 31.9 Å². The van der Waals surface area contributed by atoms with Crippen LogP contribution in [0.2, 0.25) is 0 Å². The second kappa shape index (κ2) is 10.6. The number of nitrogens with one attached hydrogen (secondary N) is 1. The summed E-state index contributed by atoms with van der Waals surface area (Å²) in [6.45, 7) is 4.86. The second-order valence-electron chi connectivity index (χ2n) is 4.69. The number of ether oxygens (including phenoxy) is 1. The van der Waals surface area contributed by atoms with Crippen LogP contribution in [0.4, 0.5) is 0 Å². The van der Waals surface area contributed by atoms with E-state index in [-0.39, 0.29) is 6.61 Å². The molecule has 0 heterocycles. The zero-order chi connectivity index (χ0) is 14.8. The third-order valence-corrected chi connectivity index (χ3v) is 3.91. The molecule has 1 aromatic carbocycles. The van der Waals surface area contributed by atoms with Gasteiger partial charge in [-0.25, -0.2) is 0 Å². The molecule has 2 N–H and O–H groups in total. The van der Waals surface area contributed by atoms with Gasteiger partial charge < -0.3 is 15.2 Å². The van der Waals surface area contributed by atoms with Crippen LogP contribution in [0.1, 0.15) is 38.2 Å². The van der Waals surface area contributed by atoms with Crippen LogP contribution in [0.15, 0.2) is 21.1 Å². The van der Waals surface area contributed by atoms with Crippen molar-refractivity contribution in [3.63, 3.8) is 0 Å². The molecule has 1 rings (SSSR count). The summed E-state index contributed by atoms with van der Waals surface area (Å²) >= 11 is 7.08. The summed E-state index contributed by atoms with van der Waals surface area (Å²) in [4.78, 5) is 0. The van der Waals surface area contributed by atoms with E-state index in [0.29, 0.717) is 0 Å². The zero-order valence-electron chi connectivity index (χ0n) is 11.9. The molecule has 0 saturated heterocycles. The maximum atomic E-state index is 8.73. The number of hydrogen-bond donors (Lipinski definition) is 2. The minimum atomic E-state index is 0.285. The Balaban J connectivity index is 2.53. The van der Waals surface area contributed by atoms with Gasteiger partial charge in [0, 0.05) is 23.2 Å². The lowest BCUT2D eigenvalue weighted by Crippen LogP contribution is -2.16. The first-order valence-corrected chi connectivity index (χ1v) is 8.70. The number of aliphatic hydroxyl groups excluding tert-OH is 1. The quantitative estimate of drug-likeness (QED) is 0.568. The van der Waals surface area contributed by atoms with Crippen molar-refractivity contribution in [2.75, 3.05) is 19.8 Å². The predicted octanol–water partition coefficient (Wildman–Crippen LogP) is 4.25. The summed E-state index contributed by atoms with van der Waals surface area (Å²) in [6.07, 6.45) is 4.03. The molecule has 0 saturated carbocycles. The van der Waals surface area contributed by atoms with Crippen LogP contribution in [-0.4, -0.2) is 24.9 Å². The largest absolute Gasteiger partial charge is 0.492 e. The van der Waals surface area contributed by atoms with Gasteiger partial charge in [-0.3, -0.25) is 0 Å². The van der Waals surface area contributed by atoms with Crippen molar-refractivity contribution in [3.05, 3.63) is 26.6 Å². The number of halogens is 2. The van der Waals surface area contributed by atoms with Gasteiger partial charge in [-0.15, -0.1) is 0 Å². The molecule has 0 radical (unpaired) electrons. The van der Waals surface area contributed by atoms with Gasteiger partial charge in [-0.1, -0.05) is 22.9 Å². The first kappa shape index (κ1) is 18.0. The number of benzene rings is 1. The molecule has 20 heavy (non-hydrogen) atoms. The average Bonchev–Trinajstić information content (AvgIpc) is 2.41. The Bertz CT molecular complexity index is 400. The highest BCUT2D eigenvalue weighted by atomic mass is 79.9. The van der Waals surface area contributed by atoms with Crippen LogP contribution in [0, 0.1) is 0 Å². The molecule has 3 nitrogen and oxygen atoms in total. The molecule has 5 heteroatoms. The van der Waals surface area contributed by atoms with Gasteiger partial charge >= 0.3 is 0 Å². The Hall–Kier alpha value is -0.100. The fraction of sp³-hybridized carbons (Fsp3) is 0.600. The van der Waals surface area contributed by atoms with Gasteiger partial charge in [-0.2, -0.15) is 0 Å². The molecule has 0 aliphatic heterocycles. The summed E-state index contributed by atoms with van der Waals surface area (Å²) in [6, 6.07) is 4.10. The van der Waals surface area contributed by atoms with Gasteiger partial charge in [0.15, 0.2) is 0 Å². The van der Waals surface area contributed by atoms with E-state index in [1.165, 1.54) is 0 Å². The normalized spacial score (nSPS) is 10.8. The van der Waals surface area contributed by atoms with E-state index >= 15 is 0 Å². The van der Waals surface area contributed by atoms with Gasteiger partial charge in [0.05, 0.1) is 11.1 Å². The number of unbranched alkanes of at least 4 members (excludes halogenated alkanes) is 2. The van der Waals surface area contributed by atoms with Crippen LogP contribution in [0.5, 0.6) is 5.75 Å². The van der Waals surface area contributed by atoms with Crippen LogP contribution in [0.3, 0.4) is 0 Å². The maximum absolute atomic E-state index is 8.73. The Morgan fingerprint density at radius 2 is 2.00 bits per heavy atom. The second-order valence-corrected chi connectivity index (χ2v) is 6.46. The molecular weight excluding hydrogens is 386 g/mol. The molecule has 0 atom stereocenters. The highest BCUT2D eigenvalue weighted by Gasteiger charge is 2.09. The Labute approximate surface area is 138 Å². The molecule has 0 aromatic heterocycles. The van der Waals surface area contributed by atoms with Crippen molar-refractivity contribution in [2.45, 2.75) is 39.2 Å². The molecule has 0 amide bonds. The monoisotopic (exact) mass is 407 g/mol. The van der Waals surface area contributed by atoms with E-state index in [9.17, 15) is 0 Å². The standard InChI is InChI=1S/C15H23Br2NO2/c1-2-8-20-15-12(9-13(16)10-14(15)17)11-18-6-4-3-5-7-19/h9-10,18-19H,2-8,11H2,1H3. The third-order valence-electron chi connectivity index (χ3n) is 2.86. The van der Waals surface area contributed by atoms with Gasteiger partial charge in [-0.05, 0) is 60.3 Å². The van der Waals surface area contributed by atoms with Crippen LogP contribution in [0.25, 0.3) is 0 Å². The first-order chi connectivity index (χ1) is 9.69. The van der Waals surface area contributed by atoms with Crippen molar-refractivity contribution in [3.8, 4) is 5.75 Å². The molecule has 114 valence electrons. The summed E-state index contributed by atoms with van der Waals surface area (Å²) < 4.78 is 7.86. The lowest BCUT2D eigenvalue weighted by molar-refractivity contribution is 0.282. The molecule has 1 aromatic rings. The van der Waals surface area contributed by atoms with E-state index in [1.54, 1.807) is 0 Å². The minimum Gasteiger partial charge on any atom is -0.492 e. The fourth-order valence-electron chi connectivity index (χ4n) is 1.87. The van der Waals surface area contributed by atoms with E-state index in [0.717, 1.165) is 65.6 Å². The minimum absolute atomic E-state index is 0.285. The Morgan fingerprint density at radius 3 is 2.70 bits per heavy atom. The predicted molar refractivity (Wildman–Crippen MR) is 90.3 cm³/mol. The van der Waals surface area contributed by atoms with Crippen LogP contribution in [-0.2, 0) is 6.54 Å². The van der Waals surface area contributed by atoms with Crippen molar-refractivity contribution in [1.29, 1.82) is 0 Å². The smallest absolute Gasteiger partial charge is 0.138 e. The zero-order valence-corrected chi connectivity index (χ0v) is 15.1. The molecule has 0 fully saturated rings. The molecular formula is C15H23Br2NO2. The Kier molecular flexibility index (Phi) is 9.52. The maximum Gasteiger partial charge on any atom is 0.138 e. The summed E-state index contributed by atoms with van der Waals surface area (Å²) in [5.41, 5.74) is 1.15. The fourth-order valence-corrected chi connectivity index (χ4v) is 3.30. The number of aliphatic hydroxyl groups is 1. The number of hydrogen-bond acceptors (Lipinski definition) is 3. The van der Waals surface area contributed by atoms with E-state index in [2.05, 4.69) is 50.2 Å². The van der Waals surface area contributed by atoms with Crippen molar-refractivity contribution in [1.82, 2.24) is 5.32 Å². The molecule has 0 aliphatic carbocycles. The molecule has 0 spiro atoms. The molecule has 0 aliphatic rings. The molecule has 0 bridgehead atoms. The lowest BCUT2D eigenvalue weighted by Gasteiger charge is -2.14. The highest BCUT2D eigenvalue weighted by Crippen LogP contribution is 2.33. The number of rotatable bonds is 10.